The highest BCUT2D eigenvalue weighted by atomic mass is 19.4. The van der Waals surface area contributed by atoms with E-state index < -0.39 is 23.8 Å². The van der Waals surface area contributed by atoms with Crippen LogP contribution in [0.15, 0.2) is 29.3 Å². The summed E-state index contributed by atoms with van der Waals surface area (Å²) in [7, 11) is 0. The Morgan fingerprint density at radius 1 is 1.38 bits per heavy atom. The third-order valence-electron chi connectivity index (χ3n) is 3.10. The van der Waals surface area contributed by atoms with Crippen LogP contribution < -0.4 is 0 Å². The van der Waals surface area contributed by atoms with Gasteiger partial charge in [-0.2, -0.15) is 13.2 Å². The Balaban J connectivity index is 1.97. The number of halogens is 3. The molecule has 1 atom stereocenters. The van der Waals surface area contributed by atoms with Crippen LogP contribution in [0.2, 0.25) is 0 Å². The van der Waals surface area contributed by atoms with Crippen molar-refractivity contribution in [3.8, 4) is 0 Å². The van der Waals surface area contributed by atoms with Gasteiger partial charge >= 0.3 is 12.1 Å². The lowest BCUT2D eigenvalue weighted by Crippen LogP contribution is -2.19. The molecule has 0 aliphatic carbocycles. The van der Waals surface area contributed by atoms with Crippen molar-refractivity contribution in [2.45, 2.75) is 31.5 Å². The van der Waals surface area contributed by atoms with Crippen LogP contribution in [0.5, 0.6) is 0 Å². The highest BCUT2D eigenvalue weighted by Crippen LogP contribution is 2.32. The van der Waals surface area contributed by atoms with E-state index in [1.165, 1.54) is 12.1 Å². The molecule has 1 heterocycles. The minimum absolute atomic E-state index is 0.0930. The number of carbonyl (C=O) groups is 1. The summed E-state index contributed by atoms with van der Waals surface area (Å²) in [5.41, 5.74) is -0.516. The van der Waals surface area contributed by atoms with Crippen LogP contribution in [0.3, 0.4) is 0 Å². The molecule has 2 rings (SSSR count). The first-order valence-corrected chi connectivity index (χ1v) is 6.43. The van der Waals surface area contributed by atoms with Gasteiger partial charge in [0.25, 0.3) is 0 Å². The molecule has 0 aromatic heterocycles. The smallest absolute Gasteiger partial charge is 0.416 e. The van der Waals surface area contributed by atoms with E-state index >= 15 is 0 Å². The molecule has 21 heavy (non-hydrogen) atoms. The minimum Gasteiger partial charge on any atom is -0.481 e. The number of carboxylic acids is 1. The largest absolute Gasteiger partial charge is 0.481 e. The van der Waals surface area contributed by atoms with E-state index in [1.807, 2.05) is 0 Å². The van der Waals surface area contributed by atoms with E-state index in [1.54, 1.807) is 6.07 Å². The molecule has 0 amide bonds. The van der Waals surface area contributed by atoms with Gasteiger partial charge in [-0.3, -0.25) is 9.79 Å². The lowest BCUT2D eigenvalue weighted by atomic mass is 10.0. The molecule has 1 aliphatic rings. The van der Waals surface area contributed by atoms with Crippen molar-refractivity contribution in [3.63, 3.8) is 0 Å². The van der Waals surface area contributed by atoms with Gasteiger partial charge in [-0.25, -0.2) is 0 Å². The molecule has 0 fully saturated rings. The summed E-state index contributed by atoms with van der Waals surface area (Å²) < 4.78 is 44.0. The maximum Gasteiger partial charge on any atom is 0.416 e. The number of hydrogen-bond donors (Lipinski definition) is 1. The van der Waals surface area contributed by atoms with E-state index in [2.05, 4.69) is 4.99 Å². The molecule has 114 valence electrons. The number of hydrogen-bond acceptors (Lipinski definition) is 3. The van der Waals surface area contributed by atoms with Gasteiger partial charge in [-0.15, -0.1) is 0 Å². The number of carboxylic acid groups (broad SMARTS) is 1. The molecule has 0 saturated heterocycles. The van der Waals surface area contributed by atoms with Crippen LogP contribution >= 0.6 is 0 Å². The van der Waals surface area contributed by atoms with E-state index in [4.69, 9.17) is 9.84 Å². The van der Waals surface area contributed by atoms with Gasteiger partial charge in [0, 0.05) is 12.8 Å². The fraction of sp³-hybridized carbons (Fsp3) is 0.429. The topological polar surface area (TPSA) is 58.9 Å². The number of ether oxygens (including phenoxy) is 1. The molecule has 1 aromatic rings. The number of alkyl halides is 3. The average molecular weight is 301 g/mol. The Labute approximate surface area is 119 Å². The van der Waals surface area contributed by atoms with Crippen molar-refractivity contribution in [1.29, 1.82) is 0 Å². The van der Waals surface area contributed by atoms with Crippen molar-refractivity contribution in [2.75, 3.05) is 6.54 Å². The Kier molecular flexibility index (Phi) is 4.50. The molecular weight excluding hydrogens is 287 g/mol. The van der Waals surface area contributed by atoms with Gasteiger partial charge in [0.2, 0.25) is 0 Å². The Morgan fingerprint density at radius 3 is 2.76 bits per heavy atom. The fourth-order valence-electron chi connectivity index (χ4n) is 2.15. The minimum atomic E-state index is -4.40. The van der Waals surface area contributed by atoms with Crippen molar-refractivity contribution >= 4 is 11.9 Å². The molecular formula is C14H14F3NO3. The molecule has 0 saturated carbocycles. The second kappa shape index (κ2) is 6.15. The number of rotatable bonds is 5. The molecule has 0 radical (unpaired) electrons. The van der Waals surface area contributed by atoms with Crippen LogP contribution in [0.1, 0.15) is 24.0 Å². The van der Waals surface area contributed by atoms with Crippen molar-refractivity contribution in [2.24, 2.45) is 4.99 Å². The number of aliphatic imine (C=N–C) groups is 1. The van der Waals surface area contributed by atoms with Gasteiger partial charge in [0.1, 0.15) is 6.10 Å². The first kappa shape index (κ1) is 15.3. The highest BCUT2D eigenvalue weighted by Gasteiger charge is 2.34. The summed E-state index contributed by atoms with van der Waals surface area (Å²) in [5, 5.41) is 8.57. The van der Waals surface area contributed by atoms with E-state index in [0.717, 1.165) is 6.07 Å². The standard InChI is InChI=1S/C14H14F3NO3/c15-14(16,17)11-4-2-1-3-9(11)7-10-8-18-12(21-10)5-6-13(19)20/h1-4,10H,5-8H2,(H,19,20). The van der Waals surface area contributed by atoms with Crippen molar-refractivity contribution in [1.82, 2.24) is 0 Å². The molecule has 1 aliphatic heterocycles. The highest BCUT2D eigenvalue weighted by molar-refractivity contribution is 5.81. The van der Waals surface area contributed by atoms with Crippen LogP contribution in [-0.4, -0.2) is 29.6 Å². The summed E-state index contributed by atoms with van der Waals surface area (Å²) in [5.74, 6) is -0.668. The Hall–Kier alpha value is -2.05. The first-order valence-electron chi connectivity index (χ1n) is 6.43. The summed E-state index contributed by atoms with van der Waals surface area (Å²) in [6.07, 6.45) is -4.73. The van der Waals surface area contributed by atoms with E-state index in [-0.39, 0.29) is 31.4 Å². The Bertz CT molecular complexity index is 555. The Morgan fingerprint density at radius 2 is 2.10 bits per heavy atom. The summed E-state index contributed by atoms with van der Waals surface area (Å²) in [6, 6.07) is 5.35. The monoisotopic (exact) mass is 301 g/mol. The molecule has 7 heteroatoms. The third kappa shape index (κ3) is 4.21. The normalized spacial score (nSPS) is 18.2. The zero-order chi connectivity index (χ0) is 15.5. The molecule has 1 unspecified atom stereocenters. The summed E-state index contributed by atoms with van der Waals surface area (Å²) in [6.45, 7) is 0.251. The SMILES string of the molecule is O=C(O)CCC1=NCC(Cc2ccccc2C(F)(F)F)O1. The maximum absolute atomic E-state index is 12.9. The van der Waals surface area contributed by atoms with Gasteiger partial charge < -0.3 is 9.84 Å². The van der Waals surface area contributed by atoms with Crippen molar-refractivity contribution < 1.29 is 27.8 Å². The lowest BCUT2D eigenvalue weighted by Gasteiger charge is -2.16. The van der Waals surface area contributed by atoms with Gasteiger partial charge in [-0.05, 0) is 11.6 Å². The number of benzene rings is 1. The molecule has 4 nitrogen and oxygen atoms in total. The van der Waals surface area contributed by atoms with Crippen LogP contribution in [0, 0.1) is 0 Å². The van der Waals surface area contributed by atoms with Crippen LogP contribution in [-0.2, 0) is 22.1 Å². The molecule has 1 aromatic carbocycles. The zero-order valence-corrected chi connectivity index (χ0v) is 11.1. The second-order valence-corrected chi connectivity index (χ2v) is 4.73. The van der Waals surface area contributed by atoms with Gasteiger partial charge in [0.05, 0.1) is 18.5 Å². The first-order chi connectivity index (χ1) is 9.86. The predicted octanol–water partition coefficient (Wildman–Crippen LogP) is 2.91. The average Bonchev–Trinajstić information content (AvgIpc) is 2.83. The van der Waals surface area contributed by atoms with Gasteiger partial charge in [-0.1, -0.05) is 18.2 Å². The van der Waals surface area contributed by atoms with Crippen LogP contribution in [0.25, 0.3) is 0 Å². The van der Waals surface area contributed by atoms with E-state index in [9.17, 15) is 18.0 Å². The maximum atomic E-state index is 12.9. The zero-order valence-electron chi connectivity index (χ0n) is 11.1. The second-order valence-electron chi connectivity index (χ2n) is 4.73. The summed E-state index contributed by atoms with van der Waals surface area (Å²) in [4.78, 5) is 14.5. The van der Waals surface area contributed by atoms with E-state index in [0.29, 0.717) is 5.90 Å². The lowest BCUT2D eigenvalue weighted by molar-refractivity contribution is -0.138. The number of nitrogens with zero attached hydrogens (tertiary/aromatic N) is 1. The third-order valence-corrected chi connectivity index (χ3v) is 3.10. The quantitative estimate of drug-likeness (QED) is 0.909. The molecule has 1 N–H and O–H groups in total. The predicted molar refractivity (Wildman–Crippen MR) is 69.2 cm³/mol. The van der Waals surface area contributed by atoms with Crippen molar-refractivity contribution in [3.05, 3.63) is 35.4 Å². The molecule has 0 bridgehead atoms. The fourth-order valence-corrected chi connectivity index (χ4v) is 2.15. The van der Waals surface area contributed by atoms with Gasteiger partial charge in [0.15, 0.2) is 5.90 Å². The molecule has 0 spiro atoms. The summed E-state index contributed by atoms with van der Waals surface area (Å²) >= 11 is 0. The number of aliphatic carboxylic acids is 1. The van der Waals surface area contributed by atoms with Crippen LogP contribution in [0.4, 0.5) is 13.2 Å².